The number of aliphatic hydroxyl groups excluding tert-OH is 1. The van der Waals surface area contributed by atoms with Gasteiger partial charge in [-0.2, -0.15) is 0 Å². The third kappa shape index (κ3) is 4.51. The van der Waals surface area contributed by atoms with E-state index in [-0.39, 0.29) is 18.0 Å². The van der Waals surface area contributed by atoms with Crippen LogP contribution in [0, 0.1) is 0 Å². The van der Waals surface area contributed by atoms with E-state index in [0.29, 0.717) is 10.8 Å². The topological polar surface area (TPSA) is 96.9 Å². The zero-order chi connectivity index (χ0) is 16.9. The Labute approximate surface area is 133 Å². The lowest BCUT2D eigenvalue weighted by atomic mass is 10.1. The van der Waals surface area contributed by atoms with Crippen LogP contribution in [0.15, 0.2) is 12.1 Å². The van der Waals surface area contributed by atoms with Crippen LogP contribution in [-0.2, 0) is 9.59 Å². The molecule has 0 radical (unpaired) electrons. The van der Waals surface area contributed by atoms with Crippen LogP contribution in [0.4, 0.5) is 5.69 Å². The van der Waals surface area contributed by atoms with Crippen molar-refractivity contribution in [1.82, 2.24) is 5.32 Å². The van der Waals surface area contributed by atoms with E-state index in [1.165, 1.54) is 26.4 Å². The number of benzene rings is 1. The number of rotatable bonds is 5. The first-order valence-electron chi connectivity index (χ1n) is 6.40. The Bertz CT molecular complexity index is 575. The summed E-state index contributed by atoms with van der Waals surface area (Å²) in [6.07, 6.45) is 0. The highest BCUT2D eigenvalue weighted by atomic mass is 35.5. The molecule has 2 amide bonds. The van der Waals surface area contributed by atoms with Crippen molar-refractivity contribution in [2.75, 3.05) is 26.1 Å². The Morgan fingerprint density at radius 3 is 2.27 bits per heavy atom. The minimum atomic E-state index is -0.907. The monoisotopic (exact) mass is 330 g/mol. The first kappa shape index (κ1) is 18.1. The van der Waals surface area contributed by atoms with Gasteiger partial charge >= 0.3 is 11.8 Å². The molecule has 122 valence electrons. The van der Waals surface area contributed by atoms with E-state index in [1.807, 2.05) is 0 Å². The maximum Gasteiger partial charge on any atom is 0.313 e. The van der Waals surface area contributed by atoms with E-state index in [9.17, 15) is 9.59 Å². The summed E-state index contributed by atoms with van der Waals surface area (Å²) in [5.41, 5.74) is -0.665. The van der Waals surface area contributed by atoms with Crippen molar-refractivity contribution in [3.05, 3.63) is 17.2 Å². The fourth-order valence-corrected chi connectivity index (χ4v) is 1.77. The van der Waals surface area contributed by atoms with Crippen LogP contribution in [0.25, 0.3) is 0 Å². The quantitative estimate of drug-likeness (QED) is 0.704. The molecular formula is C14H19ClN2O5. The van der Waals surface area contributed by atoms with Gasteiger partial charge in [0.15, 0.2) is 0 Å². The molecular weight excluding hydrogens is 312 g/mol. The average Bonchev–Trinajstić information content (AvgIpc) is 2.47. The highest BCUT2D eigenvalue weighted by Crippen LogP contribution is 2.35. The minimum absolute atomic E-state index is 0.241. The molecule has 0 aromatic heterocycles. The average molecular weight is 331 g/mol. The lowest BCUT2D eigenvalue weighted by Gasteiger charge is -2.23. The zero-order valence-electron chi connectivity index (χ0n) is 12.8. The number of hydrogen-bond donors (Lipinski definition) is 3. The number of halogens is 1. The van der Waals surface area contributed by atoms with Gasteiger partial charge in [0, 0.05) is 12.1 Å². The van der Waals surface area contributed by atoms with E-state index < -0.39 is 17.4 Å². The van der Waals surface area contributed by atoms with Crippen LogP contribution >= 0.6 is 11.6 Å². The normalized spacial score (nSPS) is 10.8. The van der Waals surface area contributed by atoms with Crippen molar-refractivity contribution >= 4 is 29.1 Å². The molecule has 0 saturated carbocycles. The minimum Gasteiger partial charge on any atom is -0.495 e. The van der Waals surface area contributed by atoms with Gasteiger partial charge in [-0.05, 0) is 13.8 Å². The number of hydrogen-bond acceptors (Lipinski definition) is 5. The molecule has 0 aliphatic carbocycles. The summed E-state index contributed by atoms with van der Waals surface area (Å²) in [5.74, 6) is -1.17. The van der Waals surface area contributed by atoms with Crippen LogP contribution in [0.5, 0.6) is 11.5 Å². The maximum absolute atomic E-state index is 11.9. The van der Waals surface area contributed by atoms with Gasteiger partial charge in [-0.25, -0.2) is 0 Å². The number of methoxy groups -OCH3 is 2. The molecule has 0 atom stereocenters. The largest absolute Gasteiger partial charge is 0.495 e. The molecule has 0 saturated heterocycles. The molecule has 0 unspecified atom stereocenters. The predicted molar refractivity (Wildman–Crippen MR) is 82.5 cm³/mol. The maximum atomic E-state index is 11.9. The highest BCUT2D eigenvalue weighted by molar-refractivity contribution is 6.40. The van der Waals surface area contributed by atoms with Crippen LogP contribution in [0.2, 0.25) is 5.02 Å². The molecule has 1 aromatic rings. The van der Waals surface area contributed by atoms with E-state index in [0.717, 1.165) is 0 Å². The van der Waals surface area contributed by atoms with Crippen molar-refractivity contribution in [3.63, 3.8) is 0 Å². The lowest BCUT2D eigenvalue weighted by Crippen LogP contribution is -2.50. The Hall–Kier alpha value is -1.99. The fraction of sp³-hybridized carbons (Fsp3) is 0.429. The Morgan fingerprint density at radius 1 is 1.18 bits per heavy atom. The van der Waals surface area contributed by atoms with Gasteiger partial charge in [-0.1, -0.05) is 11.6 Å². The van der Waals surface area contributed by atoms with Gasteiger partial charge < -0.3 is 25.2 Å². The van der Waals surface area contributed by atoms with Crippen molar-refractivity contribution in [3.8, 4) is 11.5 Å². The molecule has 1 rings (SSSR count). The summed E-state index contributed by atoms with van der Waals surface area (Å²) in [4.78, 5) is 23.7. The van der Waals surface area contributed by atoms with Gasteiger partial charge in [-0.3, -0.25) is 9.59 Å². The molecule has 7 nitrogen and oxygen atoms in total. The number of carbonyl (C=O) groups is 2. The molecule has 0 aliphatic rings. The number of nitrogens with one attached hydrogen (secondary N) is 2. The molecule has 0 fully saturated rings. The summed E-state index contributed by atoms with van der Waals surface area (Å²) in [5, 5.41) is 14.2. The number of amides is 2. The molecule has 0 aliphatic heterocycles. The number of carbonyl (C=O) groups excluding carboxylic acids is 2. The molecule has 0 heterocycles. The third-order valence-electron chi connectivity index (χ3n) is 2.78. The molecule has 8 heteroatoms. The zero-order valence-corrected chi connectivity index (χ0v) is 13.6. The second-order valence-electron chi connectivity index (χ2n) is 5.14. The first-order chi connectivity index (χ1) is 10.2. The van der Waals surface area contributed by atoms with Gasteiger partial charge in [0.2, 0.25) is 0 Å². The van der Waals surface area contributed by atoms with Crippen LogP contribution < -0.4 is 20.1 Å². The SMILES string of the molecule is COc1cc(NC(=O)C(=O)NC(C)(C)CO)c(OC)cc1Cl. The molecule has 22 heavy (non-hydrogen) atoms. The van der Waals surface area contributed by atoms with Gasteiger partial charge in [-0.15, -0.1) is 0 Å². The van der Waals surface area contributed by atoms with Gasteiger partial charge in [0.25, 0.3) is 0 Å². The van der Waals surface area contributed by atoms with Crippen LogP contribution in [0.1, 0.15) is 13.8 Å². The van der Waals surface area contributed by atoms with E-state index in [1.54, 1.807) is 13.8 Å². The summed E-state index contributed by atoms with van der Waals surface area (Å²) < 4.78 is 10.2. The number of ether oxygens (including phenoxy) is 2. The Balaban J connectivity index is 2.94. The predicted octanol–water partition coefficient (Wildman–Crippen LogP) is 1.18. The van der Waals surface area contributed by atoms with Gasteiger partial charge in [0.05, 0.1) is 37.1 Å². The van der Waals surface area contributed by atoms with Crippen molar-refractivity contribution < 1.29 is 24.2 Å². The molecule has 0 bridgehead atoms. The van der Waals surface area contributed by atoms with Crippen LogP contribution in [0.3, 0.4) is 0 Å². The van der Waals surface area contributed by atoms with E-state index in [2.05, 4.69) is 10.6 Å². The second-order valence-corrected chi connectivity index (χ2v) is 5.54. The Morgan fingerprint density at radius 2 is 1.77 bits per heavy atom. The molecule has 3 N–H and O–H groups in total. The second kappa shape index (κ2) is 7.33. The van der Waals surface area contributed by atoms with Gasteiger partial charge in [0.1, 0.15) is 11.5 Å². The summed E-state index contributed by atoms with van der Waals surface area (Å²) in [6, 6.07) is 2.91. The van der Waals surface area contributed by atoms with E-state index in [4.69, 9.17) is 26.2 Å². The van der Waals surface area contributed by atoms with Crippen molar-refractivity contribution in [2.45, 2.75) is 19.4 Å². The Kier molecular flexibility index (Phi) is 6.01. The number of aliphatic hydroxyl groups is 1. The molecule has 0 spiro atoms. The highest BCUT2D eigenvalue weighted by Gasteiger charge is 2.24. The smallest absolute Gasteiger partial charge is 0.313 e. The summed E-state index contributed by atoms with van der Waals surface area (Å²) >= 11 is 5.96. The first-order valence-corrected chi connectivity index (χ1v) is 6.77. The fourth-order valence-electron chi connectivity index (χ4n) is 1.54. The number of anilines is 1. The summed E-state index contributed by atoms with van der Waals surface area (Å²) in [6.45, 7) is 2.87. The summed E-state index contributed by atoms with van der Waals surface area (Å²) in [7, 11) is 2.83. The van der Waals surface area contributed by atoms with Crippen molar-refractivity contribution in [1.29, 1.82) is 0 Å². The third-order valence-corrected chi connectivity index (χ3v) is 3.07. The van der Waals surface area contributed by atoms with Crippen LogP contribution in [-0.4, -0.2) is 43.3 Å². The molecule has 1 aromatic carbocycles. The lowest BCUT2D eigenvalue weighted by molar-refractivity contribution is -0.137. The van der Waals surface area contributed by atoms with Crippen molar-refractivity contribution in [2.24, 2.45) is 0 Å². The standard InChI is InChI=1S/C14H19ClN2O5/c1-14(2,7-18)17-13(20)12(19)16-9-6-10(21-3)8(15)5-11(9)22-4/h5-6,18H,7H2,1-4H3,(H,16,19)(H,17,20). The van der Waals surface area contributed by atoms with E-state index >= 15 is 0 Å².